The molecule has 1 aromatic carbocycles. The van der Waals surface area contributed by atoms with Crippen molar-refractivity contribution in [3.05, 3.63) is 53.3 Å². The normalized spacial score (nSPS) is 17.1. The van der Waals surface area contributed by atoms with Crippen LogP contribution in [0.1, 0.15) is 24.2 Å². The van der Waals surface area contributed by atoms with Crippen molar-refractivity contribution >= 4 is 28.9 Å². The molecule has 0 saturated heterocycles. The fourth-order valence-corrected chi connectivity index (χ4v) is 2.81. The molecule has 0 unspecified atom stereocenters. The van der Waals surface area contributed by atoms with Gasteiger partial charge < -0.3 is 10.2 Å². The monoisotopic (exact) mass is 315 g/mol. The van der Waals surface area contributed by atoms with Crippen LogP contribution in [0.25, 0.3) is 0 Å². The zero-order chi connectivity index (χ0) is 15.7. The van der Waals surface area contributed by atoms with E-state index in [1.54, 1.807) is 18.3 Å². The van der Waals surface area contributed by atoms with Crippen LogP contribution < -0.4 is 10.2 Å². The van der Waals surface area contributed by atoms with Gasteiger partial charge in [-0.05, 0) is 30.2 Å². The molecule has 2 heterocycles. The number of nitrogens with one attached hydrogen (secondary N) is 1. The van der Waals surface area contributed by atoms with Gasteiger partial charge in [0.1, 0.15) is 5.15 Å². The van der Waals surface area contributed by atoms with E-state index in [2.05, 4.69) is 24.1 Å². The van der Waals surface area contributed by atoms with E-state index >= 15 is 0 Å². The second-order valence-electron chi connectivity index (χ2n) is 5.79. The summed E-state index contributed by atoms with van der Waals surface area (Å²) in [5.41, 5.74) is 2.44. The number of para-hydroxylation sites is 2. The molecule has 0 radical (unpaired) electrons. The van der Waals surface area contributed by atoms with E-state index < -0.39 is 0 Å². The second-order valence-corrected chi connectivity index (χ2v) is 6.18. The highest BCUT2D eigenvalue weighted by molar-refractivity contribution is 6.29. The number of anilines is 2. The first kappa shape index (κ1) is 14.9. The van der Waals surface area contributed by atoms with E-state index in [4.69, 9.17) is 11.6 Å². The van der Waals surface area contributed by atoms with Crippen LogP contribution >= 0.6 is 11.6 Å². The molecule has 0 aliphatic carbocycles. The van der Waals surface area contributed by atoms with E-state index in [0.29, 0.717) is 23.2 Å². The van der Waals surface area contributed by atoms with Gasteiger partial charge in [0.2, 0.25) is 0 Å². The molecule has 3 rings (SSSR count). The van der Waals surface area contributed by atoms with Gasteiger partial charge in [0.05, 0.1) is 11.4 Å². The number of aromatic nitrogens is 1. The van der Waals surface area contributed by atoms with Gasteiger partial charge >= 0.3 is 0 Å². The average molecular weight is 316 g/mol. The number of halogens is 1. The minimum Gasteiger partial charge on any atom is -0.379 e. The number of benzene rings is 1. The highest BCUT2D eigenvalue weighted by Crippen LogP contribution is 2.33. The fourth-order valence-electron chi connectivity index (χ4n) is 2.63. The van der Waals surface area contributed by atoms with Crippen LogP contribution in [0.5, 0.6) is 0 Å². The molecule has 1 aromatic heterocycles. The Morgan fingerprint density at radius 2 is 2.14 bits per heavy atom. The van der Waals surface area contributed by atoms with Crippen molar-refractivity contribution in [3.63, 3.8) is 0 Å². The lowest BCUT2D eigenvalue weighted by atomic mass is 9.99. The quantitative estimate of drug-likeness (QED) is 0.857. The highest BCUT2D eigenvalue weighted by atomic mass is 35.5. The van der Waals surface area contributed by atoms with Gasteiger partial charge in [-0.3, -0.25) is 4.79 Å². The van der Waals surface area contributed by atoms with Crippen molar-refractivity contribution < 1.29 is 4.79 Å². The van der Waals surface area contributed by atoms with Gasteiger partial charge in [0, 0.05) is 24.3 Å². The van der Waals surface area contributed by atoms with Crippen LogP contribution in [-0.2, 0) is 0 Å². The molecule has 22 heavy (non-hydrogen) atoms. The van der Waals surface area contributed by atoms with Gasteiger partial charge in [0.25, 0.3) is 5.91 Å². The average Bonchev–Trinajstić information content (AvgIpc) is 2.53. The van der Waals surface area contributed by atoms with Crippen molar-refractivity contribution in [1.82, 2.24) is 4.98 Å². The lowest BCUT2D eigenvalue weighted by Gasteiger charge is -2.37. The minimum absolute atomic E-state index is 0.0519. The number of rotatable bonds is 2. The number of hydrogen-bond donors (Lipinski definition) is 1. The van der Waals surface area contributed by atoms with Crippen molar-refractivity contribution in [3.8, 4) is 0 Å². The molecule has 5 heteroatoms. The number of fused-ring (bicyclic) bond motifs is 1. The maximum atomic E-state index is 12.9. The summed E-state index contributed by atoms with van der Waals surface area (Å²) < 4.78 is 0. The molecule has 1 aliphatic rings. The summed E-state index contributed by atoms with van der Waals surface area (Å²) in [6.45, 7) is 4.93. The molecule has 0 fully saturated rings. The Balaban J connectivity index is 1.99. The summed E-state index contributed by atoms with van der Waals surface area (Å²) in [7, 11) is 0. The largest absolute Gasteiger partial charge is 0.379 e. The van der Waals surface area contributed by atoms with Crippen LogP contribution in [0.15, 0.2) is 42.6 Å². The number of amides is 1. The molecule has 1 amide bonds. The molecular formula is C17H18ClN3O. The zero-order valence-corrected chi connectivity index (χ0v) is 13.3. The summed E-state index contributed by atoms with van der Waals surface area (Å²) >= 11 is 5.91. The lowest BCUT2D eigenvalue weighted by Crippen LogP contribution is -2.47. The van der Waals surface area contributed by atoms with Gasteiger partial charge in [0.15, 0.2) is 0 Å². The maximum absolute atomic E-state index is 12.9. The van der Waals surface area contributed by atoms with E-state index in [1.807, 2.05) is 29.2 Å². The first-order chi connectivity index (χ1) is 10.6. The van der Waals surface area contributed by atoms with Gasteiger partial charge in [-0.15, -0.1) is 0 Å². The van der Waals surface area contributed by atoms with Gasteiger partial charge in [-0.1, -0.05) is 37.6 Å². The molecule has 2 aromatic rings. The Morgan fingerprint density at radius 1 is 1.36 bits per heavy atom. The van der Waals surface area contributed by atoms with Crippen LogP contribution in [0.3, 0.4) is 0 Å². The number of pyridine rings is 1. The number of carbonyl (C=O) groups excluding carboxylic acids is 1. The molecule has 1 N–H and O–H groups in total. The molecular weight excluding hydrogens is 298 g/mol. The van der Waals surface area contributed by atoms with Crippen LogP contribution in [0, 0.1) is 5.92 Å². The molecule has 4 nitrogen and oxygen atoms in total. The predicted octanol–water partition coefficient (Wildman–Crippen LogP) is 3.83. The van der Waals surface area contributed by atoms with Gasteiger partial charge in [-0.2, -0.15) is 0 Å². The van der Waals surface area contributed by atoms with E-state index in [1.165, 1.54) is 0 Å². The van der Waals surface area contributed by atoms with E-state index in [0.717, 1.165) is 11.4 Å². The summed E-state index contributed by atoms with van der Waals surface area (Å²) in [6, 6.07) is 11.4. The SMILES string of the molecule is CC(C)[C@H]1CN(C(=O)c2ccnc(Cl)c2)c2ccccc2N1. The minimum atomic E-state index is -0.0519. The summed E-state index contributed by atoms with van der Waals surface area (Å²) in [5.74, 6) is 0.369. The molecule has 114 valence electrons. The molecule has 1 aliphatic heterocycles. The van der Waals surface area contributed by atoms with Crippen molar-refractivity contribution in [2.24, 2.45) is 5.92 Å². The van der Waals surface area contributed by atoms with Crippen LogP contribution in [0.2, 0.25) is 5.15 Å². The Kier molecular flexibility index (Phi) is 4.03. The molecule has 0 spiro atoms. The zero-order valence-electron chi connectivity index (χ0n) is 12.6. The summed E-state index contributed by atoms with van der Waals surface area (Å²) in [6.07, 6.45) is 1.56. The van der Waals surface area contributed by atoms with Crippen molar-refractivity contribution in [1.29, 1.82) is 0 Å². The number of carbonyl (C=O) groups is 1. The Bertz CT molecular complexity index is 702. The number of hydrogen-bond acceptors (Lipinski definition) is 3. The maximum Gasteiger partial charge on any atom is 0.258 e. The van der Waals surface area contributed by atoms with Gasteiger partial charge in [-0.25, -0.2) is 4.98 Å². The smallest absolute Gasteiger partial charge is 0.258 e. The summed E-state index contributed by atoms with van der Waals surface area (Å²) in [4.78, 5) is 18.7. The topological polar surface area (TPSA) is 45.2 Å². The van der Waals surface area contributed by atoms with Crippen LogP contribution in [0.4, 0.5) is 11.4 Å². The molecule has 0 saturated carbocycles. The highest BCUT2D eigenvalue weighted by Gasteiger charge is 2.30. The Labute approximate surface area is 135 Å². The first-order valence-corrected chi connectivity index (χ1v) is 7.73. The van der Waals surface area contributed by atoms with Crippen LogP contribution in [-0.4, -0.2) is 23.5 Å². The van der Waals surface area contributed by atoms with E-state index in [9.17, 15) is 4.79 Å². The second kappa shape index (κ2) is 5.97. The Morgan fingerprint density at radius 3 is 2.86 bits per heavy atom. The Hall–Kier alpha value is -2.07. The lowest BCUT2D eigenvalue weighted by molar-refractivity contribution is 0.0983. The number of nitrogens with zero attached hydrogens (tertiary/aromatic N) is 2. The fraction of sp³-hybridized carbons (Fsp3) is 0.294. The van der Waals surface area contributed by atoms with Crippen molar-refractivity contribution in [2.75, 3.05) is 16.8 Å². The third-order valence-corrected chi connectivity index (χ3v) is 4.15. The molecule has 1 atom stereocenters. The predicted molar refractivity (Wildman–Crippen MR) is 89.6 cm³/mol. The third kappa shape index (κ3) is 2.79. The first-order valence-electron chi connectivity index (χ1n) is 7.35. The third-order valence-electron chi connectivity index (χ3n) is 3.94. The van der Waals surface area contributed by atoms with Crippen molar-refractivity contribution in [2.45, 2.75) is 19.9 Å². The van der Waals surface area contributed by atoms with E-state index in [-0.39, 0.29) is 11.9 Å². The standard InChI is InChI=1S/C17H18ClN3O/c1-11(2)14-10-21(15-6-4-3-5-13(15)20-14)17(22)12-7-8-19-16(18)9-12/h3-9,11,14,20H,10H2,1-2H3/t14-/m1/s1. The summed E-state index contributed by atoms with van der Waals surface area (Å²) in [5, 5.41) is 3.84. The molecule has 0 bridgehead atoms.